The van der Waals surface area contributed by atoms with Gasteiger partial charge in [0.05, 0.1) is 29.6 Å². The lowest BCUT2D eigenvalue weighted by atomic mass is 9.99. The maximum atomic E-state index is 13.0. The van der Waals surface area contributed by atoms with Gasteiger partial charge in [0.25, 0.3) is 5.91 Å². The topological polar surface area (TPSA) is 83.6 Å². The van der Waals surface area contributed by atoms with Crippen LogP contribution >= 0.6 is 0 Å². The normalized spacial score (nSPS) is 14.1. The van der Waals surface area contributed by atoms with Gasteiger partial charge in [-0.1, -0.05) is 18.2 Å². The van der Waals surface area contributed by atoms with Crippen LogP contribution in [0.3, 0.4) is 0 Å². The highest BCUT2D eigenvalue weighted by atomic mass is 16.5. The van der Waals surface area contributed by atoms with Crippen molar-refractivity contribution in [3.8, 4) is 0 Å². The third-order valence-corrected chi connectivity index (χ3v) is 5.11. The van der Waals surface area contributed by atoms with E-state index in [0.717, 1.165) is 17.8 Å². The molecule has 7 heteroatoms. The van der Waals surface area contributed by atoms with E-state index in [-0.39, 0.29) is 5.91 Å². The zero-order valence-corrected chi connectivity index (χ0v) is 18.2. The van der Waals surface area contributed by atoms with Crippen LogP contribution in [0.2, 0.25) is 0 Å². The minimum absolute atomic E-state index is 0.252. The SMILES string of the molecule is COC(=O)c1ccc2c(c1)NC(=O)/C2=C(\Nc1ccc(CN(C)C)cc1)c1cccnc1. The van der Waals surface area contributed by atoms with E-state index in [4.69, 9.17) is 4.74 Å². The summed E-state index contributed by atoms with van der Waals surface area (Å²) in [4.78, 5) is 31.2. The maximum Gasteiger partial charge on any atom is 0.337 e. The van der Waals surface area contributed by atoms with Crippen LogP contribution < -0.4 is 10.6 Å². The van der Waals surface area contributed by atoms with Gasteiger partial charge in [0.2, 0.25) is 0 Å². The molecule has 1 amide bonds. The molecule has 0 saturated carbocycles. The first-order valence-electron chi connectivity index (χ1n) is 10.2. The first-order chi connectivity index (χ1) is 15.5. The Hall–Kier alpha value is -3.97. The largest absolute Gasteiger partial charge is 0.465 e. The van der Waals surface area contributed by atoms with E-state index >= 15 is 0 Å². The molecule has 3 aromatic rings. The van der Waals surface area contributed by atoms with Crippen molar-refractivity contribution >= 4 is 34.5 Å². The third-order valence-electron chi connectivity index (χ3n) is 5.11. The molecule has 2 aromatic carbocycles. The van der Waals surface area contributed by atoms with Gasteiger partial charge in [-0.15, -0.1) is 0 Å². The summed E-state index contributed by atoms with van der Waals surface area (Å²) >= 11 is 0. The van der Waals surface area contributed by atoms with Crippen LogP contribution in [0.1, 0.15) is 27.0 Å². The molecule has 1 aliphatic heterocycles. The molecule has 0 fully saturated rings. The van der Waals surface area contributed by atoms with Gasteiger partial charge in [-0.3, -0.25) is 9.78 Å². The number of amides is 1. The van der Waals surface area contributed by atoms with Crippen molar-refractivity contribution in [1.29, 1.82) is 0 Å². The van der Waals surface area contributed by atoms with Crippen LogP contribution in [-0.2, 0) is 16.1 Å². The average Bonchev–Trinajstić information content (AvgIpc) is 3.13. The summed E-state index contributed by atoms with van der Waals surface area (Å²) < 4.78 is 4.79. The van der Waals surface area contributed by atoms with Crippen LogP contribution in [0.4, 0.5) is 11.4 Å². The van der Waals surface area contributed by atoms with Crippen LogP contribution in [0, 0.1) is 0 Å². The Morgan fingerprint density at radius 1 is 1.09 bits per heavy atom. The number of methoxy groups -OCH3 is 1. The molecule has 7 nitrogen and oxygen atoms in total. The average molecular weight is 428 g/mol. The lowest BCUT2D eigenvalue weighted by Gasteiger charge is -2.15. The van der Waals surface area contributed by atoms with E-state index in [2.05, 4.69) is 32.7 Å². The van der Waals surface area contributed by atoms with Gasteiger partial charge in [0.1, 0.15) is 0 Å². The van der Waals surface area contributed by atoms with Crippen LogP contribution in [-0.4, -0.2) is 43.0 Å². The van der Waals surface area contributed by atoms with E-state index in [1.807, 2.05) is 38.4 Å². The van der Waals surface area contributed by atoms with Crippen LogP contribution in [0.15, 0.2) is 67.0 Å². The zero-order valence-electron chi connectivity index (χ0n) is 18.2. The fraction of sp³-hybridized carbons (Fsp3) is 0.160. The number of benzene rings is 2. The monoisotopic (exact) mass is 428 g/mol. The molecule has 32 heavy (non-hydrogen) atoms. The summed E-state index contributed by atoms with van der Waals surface area (Å²) in [5.74, 6) is -0.708. The van der Waals surface area contributed by atoms with E-state index in [1.54, 1.807) is 30.6 Å². The third kappa shape index (κ3) is 4.38. The summed E-state index contributed by atoms with van der Waals surface area (Å²) in [6.45, 7) is 0.842. The molecule has 0 unspecified atom stereocenters. The van der Waals surface area contributed by atoms with Crippen LogP contribution in [0.25, 0.3) is 11.3 Å². The minimum atomic E-state index is -0.456. The second-order valence-corrected chi connectivity index (χ2v) is 7.76. The summed E-state index contributed by atoms with van der Waals surface area (Å²) in [7, 11) is 5.38. The number of carbonyl (C=O) groups is 2. The van der Waals surface area contributed by atoms with Gasteiger partial charge in [-0.05, 0) is 56.1 Å². The minimum Gasteiger partial charge on any atom is -0.465 e. The lowest BCUT2D eigenvalue weighted by molar-refractivity contribution is -0.110. The number of carbonyl (C=O) groups excluding carboxylic acids is 2. The smallest absolute Gasteiger partial charge is 0.337 e. The highest BCUT2D eigenvalue weighted by Crippen LogP contribution is 2.38. The van der Waals surface area contributed by atoms with Gasteiger partial charge < -0.3 is 20.3 Å². The van der Waals surface area contributed by atoms with Gasteiger partial charge in [0, 0.05) is 35.8 Å². The van der Waals surface area contributed by atoms with E-state index in [1.165, 1.54) is 12.7 Å². The lowest BCUT2D eigenvalue weighted by Crippen LogP contribution is -2.11. The number of anilines is 2. The summed E-state index contributed by atoms with van der Waals surface area (Å²) in [5.41, 5.74) is 5.60. The summed E-state index contributed by atoms with van der Waals surface area (Å²) in [5, 5.41) is 6.27. The number of fused-ring (bicyclic) bond motifs is 1. The Morgan fingerprint density at radius 2 is 1.88 bits per heavy atom. The standard InChI is InChI=1S/C25H24N4O3/c1-29(2)15-16-6-9-19(10-7-16)27-23(18-5-4-12-26-14-18)22-20-11-8-17(25(31)32-3)13-21(20)28-24(22)30/h4-14,27H,15H2,1-3H3,(H,28,30)/b23-22-. The Bertz CT molecular complexity index is 1190. The second kappa shape index (κ2) is 9.03. The van der Waals surface area contributed by atoms with Crippen LogP contribution in [0.5, 0.6) is 0 Å². The van der Waals surface area contributed by atoms with Crippen molar-refractivity contribution in [2.75, 3.05) is 31.8 Å². The number of pyridine rings is 1. The number of rotatable bonds is 6. The summed E-state index contributed by atoms with van der Waals surface area (Å²) in [6, 6.07) is 16.9. The van der Waals surface area contributed by atoms with Gasteiger partial charge >= 0.3 is 5.97 Å². The quantitative estimate of drug-likeness (QED) is 0.458. The number of esters is 1. The number of nitrogens with one attached hydrogen (secondary N) is 2. The highest BCUT2D eigenvalue weighted by Gasteiger charge is 2.29. The summed E-state index contributed by atoms with van der Waals surface area (Å²) in [6.07, 6.45) is 3.40. The van der Waals surface area contributed by atoms with Crippen molar-refractivity contribution in [2.24, 2.45) is 0 Å². The molecule has 1 aromatic heterocycles. The van der Waals surface area contributed by atoms with E-state index in [9.17, 15) is 9.59 Å². The molecule has 0 spiro atoms. The Labute approximate surface area is 186 Å². The molecule has 0 radical (unpaired) electrons. The predicted molar refractivity (Wildman–Crippen MR) is 125 cm³/mol. The molecule has 0 saturated heterocycles. The molecule has 0 aliphatic carbocycles. The predicted octanol–water partition coefficient (Wildman–Crippen LogP) is 3.86. The fourth-order valence-electron chi connectivity index (χ4n) is 3.66. The molecular weight excluding hydrogens is 404 g/mol. The van der Waals surface area contributed by atoms with E-state index < -0.39 is 5.97 Å². The molecule has 0 bridgehead atoms. The van der Waals surface area contributed by atoms with Gasteiger partial charge in [-0.2, -0.15) is 0 Å². The molecule has 2 heterocycles. The first-order valence-corrected chi connectivity index (χ1v) is 10.2. The molecule has 162 valence electrons. The Morgan fingerprint density at radius 3 is 2.53 bits per heavy atom. The van der Waals surface area contributed by atoms with Crippen molar-refractivity contribution in [2.45, 2.75) is 6.54 Å². The van der Waals surface area contributed by atoms with Crippen molar-refractivity contribution in [1.82, 2.24) is 9.88 Å². The number of hydrogen-bond acceptors (Lipinski definition) is 6. The molecule has 1 aliphatic rings. The van der Waals surface area contributed by atoms with Crippen molar-refractivity contribution < 1.29 is 14.3 Å². The fourth-order valence-corrected chi connectivity index (χ4v) is 3.66. The van der Waals surface area contributed by atoms with Gasteiger partial charge in [0.15, 0.2) is 0 Å². The Balaban J connectivity index is 1.78. The molecule has 4 rings (SSSR count). The number of ether oxygens (including phenoxy) is 1. The number of nitrogens with zero attached hydrogens (tertiary/aromatic N) is 2. The number of hydrogen-bond donors (Lipinski definition) is 2. The van der Waals surface area contributed by atoms with Crippen molar-refractivity contribution in [3.05, 3.63) is 89.2 Å². The molecular formula is C25H24N4O3. The maximum absolute atomic E-state index is 13.0. The van der Waals surface area contributed by atoms with E-state index in [0.29, 0.717) is 28.1 Å². The molecule has 0 atom stereocenters. The second-order valence-electron chi connectivity index (χ2n) is 7.76. The highest BCUT2D eigenvalue weighted by molar-refractivity contribution is 6.37. The van der Waals surface area contributed by atoms with Gasteiger partial charge in [-0.25, -0.2) is 4.79 Å². The zero-order chi connectivity index (χ0) is 22.7. The number of aromatic nitrogens is 1. The molecule has 2 N–H and O–H groups in total. The van der Waals surface area contributed by atoms with Crippen molar-refractivity contribution in [3.63, 3.8) is 0 Å². The first kappa shape index (κ1) is 21.3. The Kier molecular flexibility index (Phi) is 6.00.